The highest BCUT2D eigenvalue weighted by atomic mass is 32.2. The average Bonchev–Trinajstić information content (AvgIpc) is 2.15. The molecule has 0 radical (unpaired) electrons. The molecule has 9 heavy (non-hydrogen) atoms. The first-order valence-corrected chi connectivity index (χ1v) is 4.22. The molecule has 1 aliphatic rings. The van der Waals surface area contributed by atoms with Gasteiger partial charge >= 0.3 is 0 Å². The van der Waals surface area contributed by atoms with Crippen molar-refractivity contribution in [2.45, 2.75) is 13.3 Å². The van der Waals surface area contributed by atoms with E-state index in [1.807, 2.05) is 11.8 Å². The third-order valence-corrected chi connectivity index (χ3v) is 2.33. The van der Waals surface area contributed by atoms with Gasteiger partial charge in [0.15, 0.2) is 5.78 Å². The summed E-state index contributed by atoms with van der Waals surface area (Å²) >= 11 is 1.90. The number of hydrogen-bond acceptors (Lipinski definition) is 2. The van der Waals surface area contributed by atoms with Crippen LogP contribution in [-0.2, 0) is 4.79 Å². The fraction of sp³-hybridized carbons (Fsp3) is 0.571. The molecule has 2 heteroatoms. The van der Waals surface area contributed by atoms with Gasteiger partial charge in [0.2, 0.25) is 0 Å². The molecule has 50 valence electrons. The van der Waals surface area contributed by atoms with Gasteiger partial charge in [0, 0.05) is 5.75 Å². The molecule has 0 aliphatic carbocycles. The fourth-order valence-corrected chi connectivity index (χ4v) is 1.92. The maximum atomic E-state index is 10.5. The molecule has 0 bridgehead atoms. The largest absolute Gasteiger partial charge is 0.295 e. The standard InChI is InChI=1S/C7H10OS/c1-6(8)4-7-2-3-9-5-7/h4H,2-3,5H2,1H3/b7-4-. The molecule has 1 fully saturated rings. The third kappa shape index (κ3) is 2.22. The van der Waals surface area contributed by atoms with Gasteiger partial charge in [-0.25, -0.2) is 0 Å². The van der Waals surface area contributed by atoms with Gasteiger partial charge in [0.1, 0.15) is 0 Å². The van der Waals surface area contributed by atoms with Crippen molar-refractivity contribution in [3.05, 3.63) is 11.6 Å². The summed E-state index contributed by atoms with van der Waals surface area (Å²) in [6.07, 6.45) is 2.88. The van der Waals surface area contributed by atoms with Gasteiger partial charge in [-0.05, 0) is 25.2 Å². The summed E-state index contributed by atoms with van der Waals surface area (Å²) in [6, 6.07) is 0. The first-order valence-electron chi connectivity index (χ1n) is 3.07. The Bertz CT molecular complexity index is 141. The molecule has 0 unspecified atom stereocenters. The first kappa shape index (κ1) is 6.87. The molecule has 1 rings (SSSR count). The van der Waals surface area contributed by atoms with Crippen LogP contribution in [0.2, 0.25) is 0 Å². The van der Waals surface area contributed by atoms with Crippen LogP contribution in [0.15, 0.2) is 11.6 Å². The molecule has 0 atom stereocenters. The smallest absolute Gasteiger partial charge is 0.152 e. The van der Waals surface area contributed by atoms with Crippen molar-refractivity contribution in [1.29, 1.82) is 0 Å². The number of thioether (sulfide) groups is 1. The molecule has 0 N–H and O–H groups in total. The van der Waals surface area contributed by atoms with Gasteiger partial charge in [-0.15, -0.1) is 0 Å². The minimum atomic E-state index is 0.188. The van der Waals surface area contributed by atoms with E-state index in [-0.39, 0.29) is 5.78 Å². The number of carbonyl (C=O) groups excluding carboxylic acids is 1. The van der Waals surface area contributed by atoms with Crippen LogP contribution >= 0.6 is 11.8 Å². The minimum Gasteiger partial charge on any atom is -0.295 e. The Kier molecular flexibility index (Phi) is 2.34. The fourth-order valence-electron chi connectivity index (χ4n) is 0.880. The summed E-state index contributed by atoms with van der Waals surface area (Å²) in [7, 11) is 0. The van der Waals surface area contributed by atoms with Gasteiger partial charge in [-0.2, -0.15) is 11.8 Å². The summed E-state index contributed by atoms with van der Waals surface area (Å²) in [5.41, 5.74) is 1.31. The number of rotatable bonds is 1. The highest BCUT2D eigenvalue weighted by molar-refractivity contribution is 7.99. The van der Waals surface area contributed by atoms with Crippen molar-refractivity contribution in [3.8, 4) is 0 Å². The second kappa shape index (κ2) is 3.06. The van der Waals surface area contributed by atoms with Gasteiger partial charge in [0.05, 0.1) is 0 Å². The second-order valence-electron chi connectivity index (χ2n) is 2.22. The van der Waals surface area contributed by atoms with Gasteiger partial charge < -0.3 is 0 Å². The first-order chi connectivity index (χ1) is 4.29. The normalized spacial score (nSPS) is 23.0. The molecule has 0 amide bonds. The summed E-state index contributed by atoms with van der Waals surface area (Å²) in [4.78, 5) is 10.5. The molecule has 0 saturated carbocycles. The summed E-state index contributed by atoms with van der Waals surface area (Å²) < 4.78 is 0. The zero-order valence-corrected chi connectivity index (χ0v) is 6.33. The molecule has 0 aromatic rings. The molecule has 0 aromatic carbocycles. The molecule has 1 heterocycles. The van der Waals surface area contributed by atoms with Gasteiger partial charge in [-0.1, -0.05) is 5.57 Å². The second-order valence-corrected chi connectivity index (χ2v) is 3.32. The lowest BCUT2D eigenvalue weighted by atomic mass is 10.2. The van der Waals surface area contributed by atoms with Crippen LogP contribution in [0.25, 0.3) is 0 Å². The maximum absolute atomic E-state index is 10.5. The van der Waals surface area contributed by atoms with Crippen LogP contribution < -0.4 is 0 Å². The zero-order chi connectivity index (χ0) is 6.69. The molecule has 0 spiro atoms. The van der Waals surface area contributed by atoms with E-state index < -0.39 is 0 Å². The summed E-state index contributed by atoms with van der Waals surface area (Å²) in [6.45, 7) is 1.61. The Morgan fingerprint density at radius 2 is 2.56 bits per heavy atom. The minimum absolute atomic E-state index is 0.188. The van der Waals surface area contributed by atoms with Crippen molar-refractivity contribution in [2.24, 2.45) is 0 Å². The Hall–Kier alpha value is -0.240. The van der Waals surface area contributed by atoms with E-state index in [0.29, 0.717) is 0 Å². The predicted molar refractivity (Wildman–Crippen MR) is 40.7 cm³/mol. The SMILES string of the molecule is CC(=O)/C=C1/CCSC1. The van der Waals surface area contributed by atoms with E-state index in [9.17, 15) is 4.79 Å². The Morgan fingerprint density at radius 1 is 1.78 bits per heavy atom. The highest BCUT2D eigenvalue weighted by Crippen LogP contribution is 2.21. The van der Waals surface area contributed by atoms with Crippen LogP contribution in [0, 0.1) is 0 Å². The number of hydrogen-bond donors (Lipinski definition) is 0. The average molecular weight is 142 g/mol. The monoisotopic (exact) mass is 142 g/mol. The van der Waals surface area contributed by atoms with Crippen molar-refractivity contribution in [1.82, 2.24) is 0 Å². The number of carbonyl (C=O) groups is 1. The molecule has 1 saturated heterocycles. The van der Waals surface area contributed by atoms with E-state index in [1.54, 1.807) is 13.0 Å². The zero-order valence-electron chi connectivity index (χ0n) is 5.52. The molecular weight excluding hydrogens is 132 g/mol. The van der Waals surface area contributed by atoms with Crippen molar-refractivity contribution < 1.29 is 4.79 Å². The van der Waals surface area contributed by atoms with E-state index in [0.717, 1.165) is 12.2 Å². The molecular formula is C7H10OS. The topological polar surface area (TPSA) is 17.1 Å². The predicted octanol–water partition coefficient (Wildman–Crippen LogP) is 1.64. The third-order valence-electron chi connectivity index (χ3n) is 1.26. The Balaban J connectivity index is 2.49. The number of ketones is 1. The van der Waals surface area contributed by atoms with Crippen LogP contribution in [0.5, 0.6) is 0 Å². The van der Waals surface area contributed by atoms with Gasteiger partial charge in [-0.3, -0.25) is 4.79 Å². The van der Waals surface area contributed by atoms with E-state index in [2.05, 4.69) is 0 Å². The Morgan fingerprint density at radius 3 is 3.00 bits per heavy atom. The van der Waals surface area contributed by atoms with Crippen LogP contribution in [-0.4, -0.2) is 17.3 Å². The lowest BCUT2D eigenvalue weighted by Gasteiger charge is -1.87. The van der Waals surface area contributed by atoms with E-state index in [1.165, 1.54) is 11.3 Å². The highest BCUT2D eigenvalue weighted by Gasteiger charge is 2.06. The van der Waals surface area contributed by atoms with Crippen molar-refractivity contribution >= 4 is 17.5 Å². The van der Waals surface area contributed by atoms with Crippen LogP contribution in [0.1, 0.15) is 13.3 Å². The van der Waals surface area contributed by atoms with Crippen molar-refractivity contribution in [2.75, 3.05) is 11.5 Å². The van der Waals surface area contributed by atoms with Gasteiger partial charge in [0.25, 0.3) is 0 Å². The lowest BCUT2D eigenvalue weighted by molar-refractivity contribution is -0.112. The van der Waals surface area contributed by atoms with E-state index >= 15 is 0 Å². The van der Waals surface area contributed by atoms with E-state index in [4.69, 9.17) is 0 Å². The lowest BCUT2D eigenvalue weighted by Crippen LogP contribution is -1.86. The molecule has 1 nitrogen and oxygen atoms in total. The van der Waals surface area contributed by atoms with Crippen LogP contribution in [0.4, 0.5) is 0 Å². The Labute approximate surface area is 59.5 Å². The van der Waals surface area contributed by atoms with Crippen LogP contribution in [0.3, 0.4) is 0 Å². The molecule has 0 aromatic heterocycles. The van der Waals surface area contributed by atoms with Crippen molar-refractivity contribution in [3.63, 3.8) is 0 Å². The number of allylic oxidation sites excluding steroid dienone is 1. The summed E-state index contributed by atoms with van der Waals surface area (Å²) in [5, 5.41) is 0. The quantitative estimate of drug-likeness (QED) is 0.518. The maximum Gasteiger partial charge on any atom is 0.152 e. The molecule has 1 aliphatic heterocycles. The summed E-state index contributed by atoms with van der Waals surface area (Å²) in [5.74, 6) is 2.45.